The van der Waals surface area contributed by atoms with Crippen LogP contribution in [0.4, 0.5) is 0 Å². The monoisotopic (exact) mass is 1810 g/mol. The predicted octanol–water partition coefficient (Wildman–Crippen LogP) is 9.53. The Hall–Kier alpha value is -14.0. The van der Waals surface area contributed by atoms with Gasteiger partial charge in [-0.25, -0.2) is 24.0 Å². The van der Waals surface area contributed by atoms with Crippen molar-refractivity contribution in [1.29, 1.82) is 0 Å². The van der Waals surface area contributed by atoms with Crippen LogP contribution < -0.4 is 0 Å². The van der Waals surface area contributed by atoms with Gasteiger partial charge in [-0.3, -0.25) is 47.9 Å². The summed E-state index contributed by atoms with van der Waals surface area (Å²) in [4.78, 5) is 261. The lowest BCUT2D eigenvalue weighted by atomic mass is 9.94. The predicted molar refractivity (Wildman–Crippen MR) is 436 cm³/mol. The van der Waals surface area contributed by atoms with E-state index in [1.165, 1.54) is 38.7 Å². The Labute approximate surface area is 731 Å². The van der Waals surface area contributed by atoms with Crippen molar-refractivity contribution in [3.63, 3.8) is 0 Å². The quantitative estimate of drug-likeness (QED) is 0.0185. The largest absolute Gasteiger partial charge is 0.481 e. The summed E-state index contributed by atoms with van der Waals surface area (Å²) in [5, 5.41) is 126. The molecule has 0 saturated heterocycles. The van der Waals surface area contributed by atoms with Crippen LogP contribution in [0.5, 0.6) is 0 Å². The number of carbonyl (C=O) groups excluding carboxylic acids is 14. The molecular weight excluding hydrogens is 1690 g/mol. The molecule has 15 N–H and O–H groups in total. The number of benzene rings is 3. The highest BCUT2D eigenvalue weighted by atomic mass is 16.4. The normalized spacial score (nSPS) is 10.3. The average Bonchev–Trinajstić information content (AvgIpc) is 0.858. The van der Waals surface area contributed by atoms with Gasteiger partial charge in [0.2, 0.25) is 0 Å². The van der Waals surface area contributed by atoms with E-state index >= 15 is 0 Å². The van der Waals surface area contributed by atoms with Gasteiger partial charge < -0.3 is 95.8 Å². The van der Waals surface area contributed by atoms with Crippen molar-refractivity contribution in [2.45, 2.75) is 259 Å². The summed E-state index contributed by atoms with van der Waals surface area (Å²) in [5.41, 5.74) is -1.24. The maximum atomic E-state index is 10.7. The van der Waals surface area contributed by atoms with Crippen molar-refractivity contribution >= 4 is 137 Å². The molecule has 0 spiro atoms. The third kappa shape index (κ3) is 130. The first-order valence-corrected chi connectivity index (χ1v) is 38.3. The van der Waals surface area contributed by atoms with Crippen LogP contribution in [-0.2, 0) is 125 Å². The summed E-state index contributed by atoms with van der Waals surface area (Å²) < 4.78 is 0. The number of ketones is 6. The number of Topliss-reactive ketones (excluding diaryl/α,β-unsaturated/α-hetero) is 6. The van der Waals surface area contributed by atoms with E-state index in [0.717, 1.165) is 116 Å². The lowest BCUT2D eigenvalue weighted by molar-refractivity contribution is -0.193. The average molecular weight is 1810 g/mol. The molecule has 0 aliphatic carbocycles. The van der Waals surface area contributed by atoms with Crippen molar-refractivity contribution < 1.29 is 206 Å². The molecule has 0 heterocycles. The number of rotatable bonds is 48. The Morgan fingerprint density at radius 3 is 0.787 bits per heavy atom. The number of hydrogen-bond donors (Lipinski definition) is 15. The molecule has 0 bridgehead atoms. The summed E-state index contributed by atoms with van der Waals surface area (Å²) in [7, 11) is 0. The Morgan fingerprint density at radius 2 is 0.606 bits per heavy atom. The van der Waals surface area contributed by atoms with Gasteiger partial charge in [-0.2, -0.15) is 38.4 Å². The first-order chi connectivity index (χ1) is 59.2. The molecule has 127 heavy (non-hydrogen) atoms. The van der Waals surface area contributed by atoms with Crippen molar-refractivity contribution in [1.82, 2.24) is 0 Å². The molecule has 0 aliphatic rings. The van der Waals surface area contributed by atoms with Gasteiger partial charge in [0, 0.05) is 63.9 Å². The molecule has 4 atom stereocenters. The van der Waals surface area contributed by atoms with E-state index < -0.39 is 138 Å². The van der Waals surface area contributed by atoms with Gasteiger partial charge in [0.15, 0.2) is 11.7 Å². The number of aromatic carboxylic acids is 1. The SMILES string of the molecule is CC(=O)C/C(=C/C(=O)O)C(=O)O.CC(=O)CC(CC(=O)O)C(=O)O.CC(=O)CC(O)(CC(=O)O)C(=O)O.CC(=O)CCCCCCCC(=O)O.CC(=O)CCCCCCCCC(=O)O.CC(=O)CCCCCCCCCCC(=O)O.Cc1ccccc1.O=C(O)CC(C(=O)O)C(O)C(=O)O.O=C(O)c1ccccc1.O=C=O.O=C=O.O=C=O.O=C=O.c1ccccc1. The molecule has 0 aliphatic heterocycles. The topological polar surface area (TPSA) is 764 Å². The van der Waals surface area contributed by atoms with Crippen LogP contribution in [0.2, 0.25) is 0 Å². The lowest BCUT2D eigenvalue weighted by Crippen LogP contribution is -2.42. The second-order valence-electron chi connectivity index (χ2n) is 26.2. The molecule has 0 fully saturated rings. The highest BCUT2D eigenvalue weighted by molar-refractivity contribution is 5.99. The van der Waals surface area contributed by atoms with Crippen LogP contribution in [0, 0.1) is 18.8 Å². The molecule has 0 radical (unpaired) electrons. The van der Waals surface area contributed by atoms with E-state index in [4.69, 9.17) is 110 Å². The van der Waals surface area contributed by atoms with Crippen LogP contribution in [0.1, 0.15) is 257 Å². The molecule has 3 rings (SSSR count). The van der Waals surface area contributed by atoms with Gasteiger partial charge >= 0.3 is 102 Å². The van der Waals surface area contributed by atoms with Crippen LogP contribution in [0.15, 0.2) is 109 Å². The van der Waals surface area contributed by atoms with Crippen molar-refractivity contribution in [2.75, 3.05) is 0 Å². The number of hydrogen-bond acceptors (Lipinski definition) is 29. The highest BCUT2D eigenvalue weighted by Crippen LogP contribution is 2.17. The van der Waals surface area contributed by atoms with Crippen LogP contribution >= 0.6 is 0 Å². The second-order valence-corrected chi connectivity index (χ2v) is 26.2. The molecule has 0 amide bonds. The van der Waals surface area contributed by atoms with Crippen molar-refractivity contribution in [2.24, 2.45) is 11.8 Å². The Bertz CT molecular complexity index is 3640. The smallest absolute Gasteiger partial charge is 0.373 e. The maximum absolute atomic E-state index is 10.7. The first kappa shape index (κ1) is 136. The van der Waals surface area contributed by atoms with Crippen molar-refractivity contribution in [3.05, 3.63) is 120 Å². The van der Waals surface area contributed by atoms with E-state index in [-0.39, 0.29) is 79.2 Å². The zero-order chi connectivity index (χ0) is 101. The van der Waals surface area contributed by atoms with Crippen LogP contribution in [0.25, 0.3) is 0 Å². The minimum Gasteiger partial charge on any atom is -0.481 e. The zero-order valence-electron chi connectivity index (χ0n) is 71.7. The Kier molecular flexibility index (Phi) is 104. The fourth-order valence-corrected chi connectivity index (χ4v) is 8.73. The third-order valence-corrected chi connectivity index (χ3v) is 14.4. The summed E-state index contributed by atoms with van der Waals surface area (Å²) in [6, 6.07) is 30.6. The molecule has 0 aromatic heterocycles. The van der Waals surface area contributed by atoms with Gasteiger partial charge in [-0.15, -0.1) is 0 Å². The van der Waals surface area contributed by atoms with Crippen molar-refractivity contribution in [3.8, 4) is 0 Å². The van der Waals surface area contributed by atoms with E-state index in [2.05, 4.69) is 19.1 Å². The number of carboxylic acids is 13. The number of aliphatic hydroxyl groups excluding tert-OH is 1. The molecule has 0 saturated carbocycles. The van der Waals surface area contributed by atoms with Gasteiger partial charge in [0.05, 0.1) is 36.3 Å². The molecule has 42 heteroatoms. The van der Waals surface area contributed by atoms with E-state index in [1.807, 2.05) is 54.6 Å². The number of aliphatic hydroxyl groups is 2. The van der Waals surface area contributed by atoms with Gasteiger partial charge in [-0.1, -0.05) is 174 Å². The van der Waals surface area contributed by atoms with Gasteiger partial charge in [0.1, 0.15) is 40.6 Å². The van der Waals surface area contributed by atoms with Gasteiger partial charge in [0.25, 0.3) is 0 Å². The third-order valence-electron chi connectivity index (χ3n) is 14.4. The number of carbonyl (C=O) groups is 19. The maximum Gasteiger partial charge on any atom is 0.373 e. The fraction of sp³-hybridized carbons (Fsp3) is 0.494. The molecule has 710 valence electrons. The number of aliphatic carboxylic acids is 12. The molecule has 3 aromatic carbocycles. The number of aryl methyl sites for hydroxylation is 1. The first-order valence-electron chi connectivity index (χ1n) is 38.3. The molecule has 3 aromatic rings. The summed E-state index contributed by atoms with van der Waals surface area (Å²) >= 11 is 0. The highest BCUT2D eigenvalue weighted by Gasteiger charge is 2.40. The van der Waals surface area contributed by atoms with E-state index in [9.17, 15) is 96.2 Å². The van der Waals surface area contributed by atoms with E-state index in [0.29, 0.717) is 30.9 Å². The van der Waals surface area contributed by atoms with Crippen LogP contribution in [-0.4, -0.2) is 225 Å². The van der Waals surface area contributed by atoms with Gasteiger partial charge in [-0.05, 0) is 99.1 Å². The zero-order valence-corrected chi connectivity index (χ0v) is 71.7. The number of carboxylic acid groups (broad SMARTS) is 13. The summed E-state index contributed by atoms with van der Waals surface area (Å²) in [6.07, 6.45) is 18.1. The lowest BCUT2D eigenvalue weighted by Gasteiger charge is -2.19. The Balaban J connectivity index is -0.000000130. The molecule has 42 nitrogen and oxygen atoms in total. The standard InChI is InChI=1S/C13H24O3.C11H20O3.C10H18O3.C7H10O6.C7H10O5.C7H8O5.C7H6O2.C7H8.C6H8O7.C6H6.4CO2/c1-12(14)10-8-6-4-2-3-5-7-9-11-13(15)16;1-10(12)8-6-4-2-3-5-7-9-11(13)14;1-9(11)7-5-3-2-4-6-8-10(12)13;1-4(8)2-7(13,6(11)12)3-5(9)10;2*1-4(8)2-5(7(11)12)3-6(9)10;8-7(9)6-4-2-1-3-5-6;1-7-5-3-2-4-6-7;7-3(8)1-2(5(10)11)4(9)6(12)13;1-2-4-6-5-3-1;4*2-1-3/h2-11H2,1H3,(H,15,16);2-9H2,1H3,(H,13,14);2-8H2,1H3,(H,12,13);13H,2-3H2,1H3,(H,9,10)(H,11,12);5H,2-3H2,1H3,(H,9,10)(H,11,12);3H,2H2,1H3,(H,9,10)(H,11,12);1-5H,(H,8,9);2-6H,1H3;2,4,9H,1H2,(H,7,8)(H,10,11)(H,12,13);1-6H;;;;/b;;;;;5-3-;;;;;;;;. The minimum absolute atomic E-state index is 0.221. The van der Waals surface area contributed by atoms with Crippen LogP contribution in [0.3, 0.4) is 0 Å². The molecular formula is C85H118O42. The summed E-state index contributed by atoms with van der Waals surface area (Å²) in [5.74, 6) is -19.7. The Morgan fingerprint density at radius 1 is 0.323 bits per heavy atom. The minimum atomic E-state index is -2.49. The molecule has 4 unspecified atom stereocenters. The van der Waals surface area contributed by atoms with E-state index in [1.54, 1.807) is 51.1 Å². The second kappa shape index (κ2) is 97.4. The summed E-state index contributed by atoms with van der Waals surface area (Å²) in [6.45, 7) is 10.5. The fourth-order valence-electron chi connectivity index (χ4n) is 8.73. The number of unbranched alkanes of at least 4 members (excludes halogenated alkanes) is 16.